The van der Waals surface area contributed by atoms with Gasteiger partial charge in [-0.1, -0.05) is 29.3 Å². The minimum absolute atomic E-state index is 0.113. The fourth-order valence-electron chi connectivity index (χ4n) is 1.80. The van der Waals surface area contributed by atoms with Crippen LogP contribution in [-0.2, 0) is 4.79 Å². The molecule has 2 rings (SSSR count). The standard InChI is InChI=1S/C16H16ClFN2O/c1-10-3-6-13(7-4-10)19-11(2)16(21)20-15-8-5-12(17)9-14(15)18/h3-9,11,19H,1-2H3,(H,20,21). The molecule has 2 aromatic carbocycles. The van der Waals surface area contributed by atoms with Gasteiger partial charge in [0.25, 0.3) is 0 Å². The Kier molecular flexibility index (Phi) is 4.81. The number of anilines is 2. The van der Waals surface area contributed by atoms with Crippen LogP contribution in [0.1, 0.15) is 12.5 Å². The first-order valence-electron chi connectivity index (χ1n) is 6.55. The summed E-state index contributed by atoms with van der Waals surface area (Å²) in [5.74, 6) is -0.879. The number of benzene rings is 2. The van der Waals surface area contributed by atoms with E-state index in [2.05, 4.69) is 10.6 Å². The van der Waals surface area contributed by atoms with E-state index in [1.807, 2.05) is 31.2 Å². The van der Waals surface area contributed by atoms with Crippen molar-refractivity contribution in [3.8, 4) is 0 Å². The maximum absolute atomic E-state index is 13.6. The van der Waals surface area contributed by atoms with Gasteiger partial charge in [0.1, 0.15) is 11.9 Å². The second-order valence-electron chi connectivity index (χ2n) is 4.85. The Labute approximate surface area is 128 Å². The molecule has 3 nitrogen and oxygen atoms in total. The number of halogens is 2. The minimum atomic E-state index is -0.557. The van der Waals surface area contributed by atoms with Crippen LogP contribution in [0.25, 0.3) is 0 Å². The first kappa shape index (κ1) is 15.3. The van der Waals surface area contributed by atoms with Gasteiger partial charge in [0.05, 0.1) is 5.69 Å². The van der Waals surface area contributed by atoms with Crippen LogP contribution < -0.4 is 10.6 Å². The Morgan fingerprint density at radius 3 is 2.48 bits per heavy atom. The summed E-state index contributed by atoms with van der Waals surface area (Å²) >= 11 is 5.67. The third-order valence-electron chi connectivity index (χ3n) is 3.02. The SMILES string of the molecule is Cc1ccc(NC(C)C(=O)Nc2ccc(Cl)cc2F)cc1. The van der Waals surface area contributed by atoms with Crippen molar-refractivity contribution in [2.75, 3.05) is 10.6 Å². The van der Waals surface area contributed by atoms with Crippen molar-refractivity contribution >= 4 is 28.9 Å². The van der Waals surface area contributed by atoms with Gasteiger partial charge in [0.2, 0.25) is 5.91 Å². The highest BCUT2D eigenvalue weighted by molar-refractivity contribution is 6.30. The van der Waals surface area contributed by atoms with E-state index in [0.29, 0.717) is 0 Å². The van der Waals surface area contributed by atoms with Crippen molar-refractivity contribution in [1.29, 1.82) is 0 Å². The average molecular weight is 307 g/mol. The summed E-state index contributed by atoms with van der Waals surface area (Å²) in [5.41, 5.74) is 2.09. The summed E-state index contributed by atoms with van der Waals surface area (Å²) < 4.78 is 13.6. The van der Waals surface area contributed by atoms with Crippen LogP contribution in [0.15, 0.2) is 42.5 Å². The summed E-state index contributed by atoms with van der Waals surface area (Å²) in [6.07, 6.45) is 0. The van der Waals surface area contributed by atoms with E-state index in [9.17, 15) is 9.18 Å². The Hall–Kier alpha value is -2.07. The zero-order valence-corrected chi connectivity index (χ0v) is 12.5. The normalized spacial score (nSPS) is 11.8. The van der Waals surface area contributed by atoms with Crippen LogP contribution in [0, 0.1) is 12.7 Å². The minimum Gasteiger partial charge on any atom is -0.374 e. The summed E-state index contributed by atoms with van der Waals surface area (Å²) in [6.45, 7) is 3.70. The van der Waals surface area contributed by atoms with E-state index in [-0.39, 0.29) is 16.6 Å². The van der Waals surface area contributed by atoms with Crippen molar-refractivity contribution < 1.29 is 9.18 Å². The van der Waals surface area contributed by atoms with Crippen LogP contribution in [0.5, 0.6) is 0 Å². The van der Waals surface area contributed by atoms with E-state index in [1.165, 1.54) is 12.1 Å². The second kappa shape index (κ2) is 6.59. The zero-order chi connectivity index (χ0) is 15.4. The van der Waals surface area contributed by atoms with E-state index in [4.69, 9.17) is 11.6 Å². The number of amides is 1. The van der Waals surface area contributed by atoms with Crippen LogP contribution in [0.2, 0.25) is 5.02 Å². The van der Waals surface area contributed by atoms with Crippen LogP contribution >= 0.6 is 11.6 Å². The maximum Gasteiger partial charge on any atom is 0.246 e. The zero-order valence-electron chi connectivity index (χ0n) is 11.8. The van der Waals surface area contributed by atoms with Gasteiger partial charge >= 0.3 is 0 Å². The Balaban J connectivity index is 2.00. The predicted molar refractivity (Wildman–Crippen MR) is 84.3 cm³/mol. The maximum atomic E-state index is 13.6. The van der Waals surface area contributed by atoms with Crippen LogP contribution in [0.4, 0.5) is 15.8 Å². The number of nitrogens with one attached hydrogen (secondary N) is 2. The molecule has 0 aliphatic heterocycles. The van der Waals surface area contributed by atoms with Crippen molar-refractivity contribution in [3.05, 3.63) is 58.9 Å². The fourth-order valence-corrected chi connectivity index (χ4v) is 1.96. The molecule has 0 spiro atoms. The third kappa shape index (κ3) is 4.20. The van der Waals surface area contributed by atoms with Gasteiger partial charge in [-0.2, -0.15) is 0 Å². The molecule has 0 fully saturated rings. The molecule has 2 N–H and O–H groups in total. The molecule has 1 atom stereocenters. The Bertz CT molecular complexity index is 643. The number of hydrogen-bond acceptors (Lipinski definition) is 2. The molecule has 0 saturated carbocycles. The first-order valence-corrected chi connectivity index (χ1v) is 6.92. The fraction of sp³-hybridized carbons (Fsp3) is 0.188. The lowest BCUT2D eigenvalue weighted by Gasteiger charge is -2.15. The number of rotatable bonds is 4. The van der Waals surface area contributed by atoms with E-state index in [0.717, 1.165) is 17.3 Å². The number of hydrogen-bond donors (Lipinski definition) is 2. The highest BCUT2D eigenvalue weighted by Gasteiger charge is 2.14. The monoisotopic (exact) mass is 306 g/mol. The van der Waals surface area contributed by atoms with Gasteiger partial charge in [-0.25, -0.2) is 4.39 Å². The molecule has 2 aromatic rings. The van der Waals surface area contributed by atoms with E-state index >= 15 is 0 Å². The van der Waals surface area contributed by atoms with Gasteiger partial charge in [-0.05, 0) is 44.2 Å². The highest BCUT2D eigenvalue weighted by atomic mass is 35.5. The molecule has 5 heteroatoms. The predicted octanol–water partition coefficient (Wildman–Crippen LogP) is 4.23. The molecule has 0 aromatic heterocycles. The number of carbonyl (C=O) groups is 1. The van der Waals surface area contributed by atoms with E-state index < -0.39 is 11.9 Å². The van der Waals surface area contributed by atoms with Crippen molar-refractivity contribution in [3.63, 3.8) is 0 Å². The van der Waals surface area contributed by atoms with Gasteiger partial charge in [-0.15, -0.1) is 0 Å². The number of carbonyl (C=O) groups excluding carboxylic acids is 1. The Morgan fingerprint density at radius 2 is 1.86 bits per heavy atom. The topological polar surface area (TPSA) is 41.1 Å². The molecule has 110 valence electrons. The van der Waals surface area contributed by atoms with E-state index in [1.54, 1.807) is 6.92 Å². The number of aryl methyl sites for hydroxylation is 1. The summed E-state index contributed by atoms with van der Waals surface area (Å²) in [6, 6.07) is 11.3. The molecule has 0 heterocycles. The second-order valence-corrected chi connectivity index (χ2v) is 5.28. The molecule has 0 saturated heterocycles. The first-order chi connectivity index (χ1) is 9.95. The molecule has 21 heavy (non-hydrogen) atoms. The molecule has 1 amide bonds. The highest BCUT2D eigenvalue weighted by Crippen LogP contribution is 2.19. The molecule has 0 radical (unpaired) electrons. The van der Waals surface area contributed by atoms with Crippen molar-refractivity contribution in [2.24, 2.45) is 0 Å². The quantitative estimate of drug-likeness (QED) is 0.887. The lowest BCUT2D eigenvalue weighted by atomic mass is 10.2. The summed E-state index contributed by atoms with van der Waals surface area (Å²) in [7, 11) is 0. The largest absolute Gasteiger partial charge is 0.374 e. The van der Waals surface area contributed by atoms with Gasteiger partial charge in [0.15, 0.2) is 0 Å². The lowest BCUT2D eigenvalue weighted by Crippen LogP contribution is -2.32. The van der Waals surface area contributed by atoms with Crippen molar-refractivity contribution in [1.82, 2.24) is 0 Å². The average Bonchev–Trinajstić information content (AvgIpc) is 2.44. The summed E-state index contributed by atoms with van der Waals surface area (Å²) in [4.78, 5) is 12.0. The van der Waals surface area contributed by atoms with Gasteiger partial charge in [0, 0.05) is 10.7 Å². The smallest absolute Gasteiger partial charge is 0.246 e. The molecule has 1 unspecified atom stereocenters. The summed E-state index contributed by atoms with van der Waals surface area (Å²) in [5, 5.41) is 5.88. The lowest BCUT2D eigenvalue weighted by molar-refractivity contribution is -0.116. The Morgan fingerprint density at radius 1 is 1.19 bits per heavy atom. The third-order valence-corrected chi connectivity index (χ3v) is 3.25. The molecular formula is C16H16ClFN2O. The van der Waals surface area contributed by atoms with Crippen LogP contribution in [0.3, 0.4) is 0 Å². The van der Waals surface area contributed by atoms with Gasteiger partial charge in [-0.3, -0.25) is 4.79 Å². The van der Waals surface area contributed by atoms with Crippen molar-refractivity contribution in [2.45, 2.75) is 19.9 Å². The van der Waals surface area contributed by atoms with Crippen LogP contribution in [-0.4, -0.2) is 11.9 Å². The molecular weight excluding hydrogens is 291 g/mol. The molecule has 0 aliphatic rings. The van der Waals surface area contributed by atoms with Gasteiger partial charge < -0.3 is 10.6 Å². The molecule has 0 aliphatic carbocycles. The molecule has 0 bridgehead atoms.